The van der Waals surface area contributed by atoms with Gasteiger partial charge >= 0.3 is 0 Å². The number of alkyl halides is 1. The Balaban J connectivity index is 2.00. The quantitative estimate of drug-likeness (QED) is 0.738. The number of imidazole rings is 1. The standard InChI is InChI=1S/C10H14ClN5/c1-15-8-12-5-10(15)7-16-6-9(13-14-16)3-2-4-11/h5-6,8H,2-4,7H2,1H3. The van der Waals surface area contributed by atoms with Crippen LogP contribution in [-0.2, 0) is 20.0 Å². The molecule has 0 N–H and O–H groups in total. The third-order valence-corrected chi connectivity index (χ3v) is 2.66. The van der Waals surface area contributed by atoms with Crippen LogP contribution >= 0.6 is 11.6 Å². The first-order chi connectivity index (χ1) is 7.79. The summed E-state index contributed by atoms with van der Waals surface area (Å²) in [6.07, 6.45) is 7.39. The average Bonchev–Trinajstić information content (AvgIpc) is 2.87. The second-order valence-corrected chi connectivity index (χ2v) is 4.07. The van der Waals surface area contributed by atoms with Gasteiger partial charge < -0.3 is 4.57 Å². The normalized spacial score (nSPS) is 10.9. The zero-order valence-electron chi connectivity index (χ0n) is 9.17. The summed E-state index contributed by atoms with van der Waals surface area (Å²) in [4.78, 5) is 4.06. The lowest BCUT2D eigenvalue weighted by atomic mass is 10.3. The summed E-state index contributed by atoms with van der Waals surface area (Å²) in [5, 5.41) is 8.16. The zero-order chi connectivity index (χ0) is 11.4. The highest BCUT2D eigenvalue weighted by Crippen LogP contribution is 2.03. The van der Waals surface area contributed by atoms with Gasteiger partial charge in [-0.05, 0) is 12.8 Å². The number of hydrogen-bond donors (Lipinski definition) is 0. The molecule has 2 heterocycles. The molecule has 0 aliphatic rings. The van der Waals surface area contributed by atoms with Gasteiger partial charge in [0.25, 0.3) is 0 Å². The second kappa shape index (κ2) is 5.12. The maximum Gasteiger partial charge on any atom is 0.0946 e. The van der Waals surface area contributed by atoms with E-state index in [-0.39, 0.29) is 0 Å². The van der Waals surface area contributed by atoms with Crippen LogP contribution in [0.4, 0.5) is 0 Å². The minimum absolute atomic E-state index is 0.661. The fourth-order valence-corrected chi connectivity index (χ4v) is 1.61. The predicted molar refractivity (Wildman–Crippen MR) is 61.4 cm³/mol. The summed E-state index contributed by atoms with van der Waals surface area (Å²) in [5.74, 6) is 0.661. The number of aromatic nitrogens is 5. The van der Waals surface area contributed by atoms with Crippen LogP contribution in [0.15, 0.2) is 18.7 Å². The smallest absolute Gasteiger partial charge is 0.0946 e. The maximum atomic E-state index is 5.63. The number of hydrogen-bond acceptors (Lipinski definition) is 3. The van der Waals surface area contributed by atoms with Crippen molar-refractivity contribution in [1.29, 1.82) is 0 Å². The van der Waals surface area contributed by atoms with E-state index in [0.29, 0.717) is 12.4 Å². The van der Waals surface area contributed by atoms with Crippen LogP contribution < -0.4 is 0 Å². The Morgan fingerprint density at radius 1 is 1.44 bits per heavy atom. The van der Waals surface area contributed by atoms with E-state index in [1.54, 1.807) is 6.33 Å². The maximum absolute atomic E-state index is 5.63. The monoisotopic (exact) mass is 239 g/mol. The van der Waals surface area contributed by atoms with E-state index in [1.807, 2.05) is 28.7 Å². The van der Waals surface area contributed by atoms with Crippen molar-refractivity contribution in [1.82, 2.24) is 24.5 Å². The summed E-state index contributed by atoms with van der Waals surface area (Å²) >= 11 is 5.63. The molecule has 0 amide bonds. The van der Waals surface area contributed by atoms with E-state index in [1.165, 1.54) is 0 Å². The number of nitrogens with zero attached hydrogens (tertiary/aromatic N) is 5. The highest BCUT2D eigenvalue weighted by atomic mass is 35.5. The molecule has 6 heteroatoms. The molecular formula is C10H14ClN5. The first kappa shape index (κ1) is 11.1. The molecule has 0 radical (unpaired) electrons. The van der Waals surface area contributed by atoms with Crippen LogP contribution in [0.5, 0.6) is 0 Å². The largest absolute Gasteiger partial charge is 0.336 e. The van der Waals surface area contributed by atoms with Crippen molar-refractivity contribution in [2.24, 2.45) is 7.05 Å². The SMILES string of the molecule is Cn1cncc1Cn1cc(CCCCl)nn1. The molecule has 16 heavy (non-hydrogen) atoms. The molecule has 0 aliphatic carbocycles. The minimum Gasteiger partial charge on any atom is -0.336 e. The summed E-state index contributed by atoms with van der Waals surface area (Å²) in [6, 6.07) is 0. The van der Waals surface area contributed by atoms with E-state index in [9.17, 15) is 0 Å². The minimum atomic E-state index is 0.661. The molecule has 5 nitrogen and oxygen atoms in total. The molecule has 0 saturated carbocycles. The first-order valence-corrected chi connectivity index (χ1v) is 5.73. The van der Waals surface area contributed by atoms with Gasteiger partial charge in [-0.25, -0.2) is 9.67 Å². The lowest BCUT2D eigenvalue weighted by Gasteiger charge is -2.00. The van der Waals surface area contributed by atoms with Crippen LogP contribution in [0.1, 0.15) is 17.8 Å². The summed E-state index contributed by atoms with van der Waals surface area (Å²) in [7, 11) is 1.97. The molecule has 0 unspecified atom stereocenters. The van der Waals surface area contributed by atoms with Crippen molar-refractivity contribution >= 4 is 11.6 Å². The van der Waals surface area contributed by atoms with Gasteiger partial charge in [0.05, 0.1) is 30.5 Å². The molecule has 0 atom stereocenters. The third-order valence-electron chi connectivity index (χ3n) is 2.39. The number of halogens is 1. The lowest BCUT2D eigenvalue weighted by molar-refractivity contribution is 0.620. The highest BCUT2D eigenvalue weighted by Gasteiger charge is 2.03. The van der Waals surface area contributed by atoms with E-state index in [2.05, 4.69) is 15.3 Å². The molecule has 0 bridgehead atoms. The molecule has 2 aromatic rings. The van der Waals surface area contributed by atoms with Gasteiger partial charge in [-0.2, -0.15) is 0 Å². The van der Waals surface area contributed by atoms with Gasteiger partial charge in [0, 0.05) is 19.1 Å². The Labute approximate surface area is 99.1 Å². The Bertz CT molecular complexity index is 448. The summed E-state index contributed by atoms with van der Waals surface area (Å²) in [6.45, 7) is 0.699. The lowest BCUT2D eigenvalue weighted by Crippen LogP contribution is -2.04. The first-order valence-electron chi connectivity index (χ1n) is 5.20. The molecule has 2 rings (SSSR count). The van der Waals surface area contributed by atoms with Crippen molar-refractivity contribution in [2.75, 3.05) is 5.88 Å². The molecule has 0 aliphatic heterocycles. The van der Waals surface area contributed by atoms with Gasteiger partial charge in [-0.1, -0.05) is 5.21 Å². The van der Waals surface area contributed by atoms with Crippen molar-refractivity contribution in [3.8, 4) is 0 Å². The van der Waals surface area contributed by atoms with Crippen molar-refractivity contribution in [3.05, 3.63) is 30.1 Å². The molecule has 86 valence electrons. The Kier molecular flexibility index (Phi) is 3.56. The third kappa shape index (κ3) is 2.61. The summed E-state index contributed by atoms with van der Waals surface area (Å²) in [5.41, 5.74) is 2.09. The van der Waals surface area contributed by atoms with Gasteiger partial charge in [-0.3, -0.25) is 0 Å². The van der Waals surface area contributed by atoms with E-state index < -0.39 is 0 Å². The van der Waals surface area contributed by atoms with Crippen molar-refractivity contribution in [2.45, 2.75) is 19.4 Å². The van der Waals surface area contributed by atoms with Crippen LogP contribution in [0.25, 0.3) is 0 Å². The summed E-state index contributed by atoms with van der Waals surface area (Å²) < 4.78 is 3.79. The Morgan fingerprint density at radius 3 is 3.00 bits per heavy atom. The Morgan fingerprint density at radius 2 is 2.31 bits per heavy atom. The van der Waals surface area contributed by atoms with Crippen LogP contribution in [-0.4, -0.2) is 30.4 Å². The zero-order valence-corrected chi connectivity index (χ0v) is 9.93. The van der Waals surface area contributed by atoms with Gasteiger partial charge in [-0.15, -0.1) is 16.7 Å². The fourth-order valence-electron chi connectivity index (χ4n) is 1.48. The molecule has 2 aromatic heterocycles. The average molecular weight is 240 g/mol. The van der Waals surface area contributed by atoms with Gasteiger partial charge in [0.2, 0.25) is 0 Å². The highest BCUT2D eigenvalue weighted by molar-refractivity contribution is 6.17. The Hall–Kier alpha value is -1.36. The fraction of sp³-hybridized carbons (Fsp3) is 0.500. The van der Waals surface area contributed by atoms with E-state index >= 15 is 0 Å². The molecule has 0 aromatic carbocycles. The van der Waals surface area contributed by atoms with Crippen LogP contribution in [0.2, 0.25) is 0 Å². The van der Waals surface area contributed by atoms with Crippen molar-refractivity contribution in [3.63, 3.8) is 0 Å². The molecule has 0 fully saturated rings. The predicted octanol–water partition coefficient (Wildman–Crippen LogP) is 1.23. The molecular weight excluding hydrogens is 226 g/mol. The van der Waals surface area contributed by atoms with Crippen LogP contribution in [0, 0.1) is 0 Å². The van der Waals surface area contributed by atoms with Crippen molar-refractivity contribution < 1.29 is 0 Å². The second-order valence-electron chi connectivity index (χ2n) is 3.70. The van der Waals surface area contributed by atoms with Gasteiger partial charge in [0.1, 0.15) is 0 Å². The van der Waals surface area contributed by atoms with E-state index in [0.717, 1.165) is 24.2 Å². The van der Waals surface area contributed by atoms with Crippen LogP contribution in [0.3, 0.4) is 0 Å². The molecule has 0 spiro atoms. The molecule has 0 saturated heterocycles. The van der Waals surface area contributed by atoms with E-state index in [4.69, 9.17) is 11.6 Å². The number of rotatable bonds is 5. The number of aryl methyl sites for hydroxylation is 2. The topological polar surface area (TPSA) is 48.5 Å². The van der Waals surface area contributed by atoms with Gasteiger partial charge in [0.15, 0.2) is 0 Å².